The van der Waals surface area contributed by atoms with Crippen LogP contribution in [0.15, 0.2) is 16.6 Å². The van der Waals surface area contributed by atoms with Gasteiger partial charge >= 0.3 is 0 Å². The molecule has 5 heteroatoms. The third-order valence-electron chi connectivity index (χ3n) is 2.61. The maximum absolute atomic E-state index is 14.0. The van der Waals surface area contributed by atoms with Crippen LogP contribution in [0.4, 0.5) is 4.39 Å². The molecule has 0 aromatic heterocycles. The van der Waals surface area contributed by atoms with Crippen molar-refractivity contribution in [3.8, 4) is 0 Å². The SMILES string of the molecule is CCOC(C)C(NC)c1ccc(Br)c(Cl)c1F. The van der Waals surface area contributed by atoms with Crippen molar-refractivity contribution in [2.24, 2.45) is 0 Å². The van der Waals surface area contributed by atoms with E-state index < -0.39 is 5.82 Å². The Balaban J connectivity index is 3.08. The minimum Gasteiger partial charge on any atom is -0.377 e. The minimum atomic E-state index is -0.410. The molecule has 96 valence electrons. The van der Waals surface area contributed by atoms with Crippen molar-refractivity contribution in [1.82, 2.24) is 5.32 Å². The van der Waals surface area contributed by atoms with Crippen LogP contribution < -0.4 is 5.32 Å². The summed E-state index contributed by atoms with van der Waals surface area (Å²) >= 11 is 9.07. The summed E-state index contributed by atoms with van der Waals surface area (Å²) in [5, 5.41) is 3.15. The van der Waals surface area contributed by atoms with Crippen molar-refractivity contribution in [3.05, 3.63) is 33.0 Å². The van der Waals surface area contributed by atoms with E-state index in [9.17, 15) is 4.39 Å². The van der Waals surface area contributed by atoms with Crippen molar-refractivity contribution in [2.45, 2.75) is 26.0 Å². The molecule has 2 atom stereocenters. The molecule has 0 fully saturated rings. The molecule has 0 saturated carbocycles. The lowest BCUT2D eigenvalue weighted by atomic mass is 10.0. The van der Waals surface area contributed by atoms with E-state index in [2.05, 4.69) is 21.2 Å². The zero-order valence-electron chi connectivity index (χ0n) is 10.1. The highest BCUT2D eigenvalue weighted by Crippen LogP contribution is 2.31. The van der Waals surface area contributed by atoms with Crippen LogP contribution in [0, 0.1) is 5.82 Å². The van der Waals surface area contributed by atoms with Crippen molar-refractivity contribution in [1.29, 1.82) is 0 Å². The van der Waals surface area contributed by atoms with E-state index in [4.69, 9.17) is 16.3 Å². The number of ether oxygens (including phenoxy) is 1. The fourth-order valence-corrected chi connectivity index (χ4v) is 2.26. The lowest BCUT2D eigenvalue weighted by Gasteiger charge is -2.24. The zero-order chi connectivity index (χ0) is 13.0. The Labute approximate surface area is 115 Å². The fourth-order valence-electron chi connectivity index (χ4n) is 1.78. The summed E-state index contributed by atoms with van der Waals surface area (Å²) in [5.74, 6) is -0.410. The molecule has 0 bridgehead atoms. The van der Waals surface area contributed by atoms with Crippen LogP contribution >= 0.6 is 27.5 Å². The van der Waals surface area contributed by atoms with Crippen LogP contribution in [0.1, 0.15) is 25.5 Å². The predicted octanol–water partition coefficient (Wildman–Crippen LogP) is 3.93. The van der Waals surface area contributed by atoms with Gasteiger partial charge in [-0.2, -0.15) is 0 Å². The number of likely N-dealkylation sites (N-methyl/N-ethyl adjacent to an activating group) is 1. The Bertz CT molecular complexity index is 389. The Morgan fingerprint density at radius 2 is 2.18 bits per heavy atom. The molecule has 2 nitrogen and oxygen atoms in total. The van der Waals surface area contributed by atoms with E-state index in [1.165, 1.54) is 0 Å². The second-order valence-electron chi connectivity index (χ2n) is 3.69. The smallest absolute Gasteiger partial charge is 0.147 e. The predicted molar refractivity (Wildman–Crippen MR) is 72.0 cm³/mol. The van der Waals surface area contributed by atoms with Gasteiger partial charge in [-0.25, -0.2) is 4.39 Å². The normalized spacial score (nSPS) is 14.7. The highest BCUT2D eigenvalue weighted by Gasteiger charge is 2.23. The van der Waals surface area contributed by atoms with Gasteiger partial charge in [0, 0.05) is 16.6 Å². The van der Waals surface area contributed by atoms with Gasteiger partial charge in [-0.15, -0.1) is 0 Å². The molecular weight excluding hydrogens is 308 g/mol. The van der Waals surface area contributed by atoms with Gasteiger partial charge in [-0.05, 0) is 42.9 Å². The standard InChI is InChI=1S/C12H16BrClFNO/c1-4-17-7(2)12(16-3)8-5-6-9(13)10(14)11(8)15/h5-7,12,16H,4H2,1-3H3. The second-order valence-corrected chi connectivity index (χ2v) is 4.92. The summed E-state index contributed by atoms with van der Waals surface area (Å²) in [6.07, 6.45) is -0.128. The topological polar surface area (TPSA) is 21.3 Å². The molecule has 0 amide bonds. The second kappa shape index (κ2) is 6.69. The van der Waals surface area contributed by atoms with Crippen molar-refractivity contribution < 1.29 is 9.13 Å². The van der Waals surface area contributed by atoms with E-state index in [0.29, 0.717) is 16.6 Å². The van der Waals surface area contributed by atoms with Gasteiger partial charge in [-0.3, -0.25) is 0 Å². The lowest BCUT2D eigenvalue weighted by Crippen LogP contribution is -2.30. The minimum absolute atomic E-state index is 0.103. The number of hydrogen-bond acceptors (Lipinski definition) is 2. The summed E-state index contributed by atoms with van der Waals surface area (Å²) in [4.78, 5) is 0. The number of halogens is 3. The summed E-state index contributed by atoms with van der Waals surface area (Å²) in [6, 6.07) is 3.23. The highest BCUT2D eigenvalue weighted by atomic mass is 79.9. The maximum Gasteiger partial charge on any atom is 0.147 e. The molecule has 0 aliphatic rings. The van der Waals surface area contributed by atoms with E-state index in [0.717, 1.165) is 0 Å². The van der Waals surface area contributed by atoms with Crippen LogP contribution in [0.5, 0.6) is 0 Å². The summed E-state index contributed by atoms with van der Waals surface area (Å²) in [7, 11) is 1.77. The van der Waals surface area contributed by atoms with Gasteiger partial charge in [-0.1, -0.05) is 17.7 Å². The van der Waals surface area contributed by atoms with Crippen LogP contribution in [0.3, 0.4) is 0 Å². The van der Waals surface area contributed by atoms with Crippen molar-refractivity contribution >= 4 is 27.5 Å². The first-order valence-electron chi connectivity index (χ1n) is 5.45. The maximum atomic E-state index is 14.0. The molecule has 1 rings (SSSR count). The van der Waals surface area contributed by atoms with Gasteiger partial charge in [0.15, 0.2) is 0 Å². The molecule has 0 spiro atoms. The quantitative estimate of drug-likeness (QED) is 0.829. The first-order valence-corrected chi connectivity index (χ1v) is 6.62. The molecule has 1 N–H and O–H groups in total. The van der Waals surface area contributed by atoms with Gasteiger partial charge in [0.1, 0.15) is 5.82 Å². The molecular formula is C12H16BrClFNO. The monoisotopic (exact) mass is 323 g/mol. The van der Waals surface area contributed by atoms with E-state index in [1.807, 2.05) is 13.8 Å². The van der Waals surface area contributed by atoms with Crippen molar-refractivity contribution in [3.63, 3.8) is 0 Å². The fraction of sp³-hybridized carbons (Fsp3) is 0.500. The van der Waals surface area contributed by atoms with Crippen LogP contribution in [-0.4, -0.2) is 19.8 Å². The summed E-state index contributed by atoms with van der Waals surface area (Å²) in [5.41, 5.74) is 0.515. The molecule has 0 aliphatic carbocycles. The van der Waals surface area contributed by atoms with Crippen LogP contribution in [-0.2, 0) is 4.74 Å². The Morgan fingerprint density at radius 3 is 2.71 bits per heavy atom. The van der Waals surface area contributed by atoms with Gasteiger partial charge in [0.05, 0.1) is 17.2 Å². The average Bonchev–Trinajstić information content (AvgIpc) is 2.30. The molecule has 0 radical (unpaired) electrons. The third-order valence-corrected chi connectivity index (χ3v) is 3.87. The molecule has 1 aromatic rings. The van der Waals surface area contributed by atoms with Gasteiger partial charge in [0.2, 0.25) is 0 Å². The van der Waals surface area contributed by atoms with Crippen molar-refractivity contribution in [2.75, 3.05) is 13.7 Å². The molecule has 17 heavy (non-hydrogen) atoms. The van der Waals surface area contributed by atoms with Crippen LogP contribution in [0.25, 0.3) is 0 Å². The first-order chi connectivity index (χ1) is 8.02. The molecule has 0 heterocycles. The number of benzene rings is 1. The van der Waals surface area contributed by atoms with E-state index in [1.54, 1.807) is 19.2 Å². The van der Waals surface area contributed by atoms with Crippen LogP contribution in [0.2, 0.25) is 5.02 Å². The Kier molecular flexibility index (Phi) is 5.86. The average molecular weight is 325 g/mol. The molecule has 0 saturated heterocycles. The molecule has 0 aliphatic heterocycles. The lowest BCUT2D eigenvalue weighted by molar-refractivity contribution is 0.0484. The van der Waals surface area contributed by atoms with Gasteiger partial charge < -0.3 is 10.1 Å². The number of rotatable bonds is 5. The largest absolute Gasteiger partial charge is 0.377 e. The van der Waals surface area contributed by atoms with E-state index in [-0.39, 0.29) is 17.2 Å². The number of nitrogens with one attached hydrogen (secondary N) is 1. The van der Waals surface area contributed by atoms with Gasteiger partial charge in [0.25, 0.3) is 0 Å². The highest BCUT2D eigenvalue weighted by molar-refractivity contribution is 9.10. The molecule has 1 aromatic carbocycles. The zero-order valence-corrected chi connectivity index (χ0v) is 12.4. The summed E-state index contributed by atoms with van der Waals surface area (Å²) < 4.78 is 20.1. The summed E-state index contributed by atoms with van der Waals surface area (Å²) in [6.45, 7) is 4.40. The Hall–Kier alpha value is -0.160. The Morgan fingerprint density at radius 1 is 1.53 bits per heavy atom. The molecule has 2 unspecified atom stereocenters. The first kappa shape index (κ1) is 14.9. The number of hydrogen-bond donors (Lipinski definition) is 1. The third kappa shape index (κ3) is 3.41. The van der Waals surface area contributed by atoms with E-state index >= 15 is 0 Å².